The average molecular weight is 545 g/mol. The summed E-state index contributed by atoms with van der Waals surface area (Å²) < 4.78 is 60.9. The summed E-state index contributed by atoms with van der Waals surface area (Å²) >= 11 is 0. The van der Waals surface area contributed by atoms with Crippen LogP contribution in [0.1, 0.15) is 31.0 Å². The number of ether oxygens (including phenoxy) is 1. The van der Waals surface area contributed by atoms with E-state index in [2.05, 4.69) is 30.3 Å². The van der Waals surface area contributed by atoms with E-state index in [1.54, 1.807) is 17.7 Å². The van der Waals surface area contributed by atoms with Crippen molar-refractivity contribution in [1.82, 2.24) is 29.4 Å². The van der Waals surface area contributed by atoms with E-state index in [1.807, 2.05) is 0 Å². The molecular weight excluding hydrogens is 522 g/mol. The molecular formula is C25H23F4N7O3. The first-order valence-electron chi connectivity index (χ1n) is 11.9. The molecule has 204 valence electrons. The zero-order valence-corrected chi connectivity index (χ0v) is 20.8. The van der Waals surface area contributed by atoms with Gasteiger partial charge in [0.15, 0.2) is 0 Å². The highest BCUT2D eigenvalue weighted by molar-refractivity contribution is 5.79. The van der Waals surface area contributed by atoms with E-state index < -0.39 is 23.8 Å². The van der Waals surface area contributed by atoms with Gasteiger partial charge in [0.2, 0.25) is 0 Å². The number of hydrogen-bond donors (Lipinski definition) is 2. The minimum absolute atomic E-state index is 0.0702. The molecule has 1 aliphatic rings. The summed E-state index contributed by atoms with van der Waals surface area (Å²) in [6.45, 7) is 0. The third-order valence-corrected chi connectivity index (χ3v) is 6.68. The number of carbonyl (C=O) groups is 1. The van der Waals surface area contributed by atoms with E-state index in [0.717, 1.165) is 24.4 Å². The Morgan fingerprint density at radius 2 is 1.87 bits per heavy atom. The molecule has 0 bridgehead atoms. The number of pyridine rings is 3. The van der Waals surface area contributed by atoms with Gasteiger partial charge < -0.3 is 15.4 Å². The van der Waals surface area contributed by atoms with Crippen LogP contribution in [0, 0.1) is 5.82 Å². The van der Waals surface area contributed by atoms with Crippen molar-refractivity contribution in [3.8, 4) is 11.3 Å². The summed E-state index contributed by atoms with van der Waals surface area (Å²) in [4.78, 5) is 36.6. The van der Waals surface area contributed by atoms with Gasteiger partial charge in [-0.3, -0.25) is 14.1 Å². The molecule has 0 unspecified atom stereocenters. The van der Waals surface area contributed by atoms with Crippen molar-refractivity contribution in [1.29, 1.82) is 0 Å². The molecule has 0 radical (unpaired) electrons. The van der Waals surface area contributed by atoms with Gasteiger partial charge in [-0.25, -0.2) is 23.9 Å². The number of carbonyl (C=O) groups excluding carboxylic acids is 1. The normalized spacial score (nSPS) is 17.4. The van der Waals surface area contributed by atoms with Gasteiger partial charge in [0.1, 0.15) is 28.8 Å². The first kappa shape index (κ1) is 26.1. The van der Waals surface area contributed by atoms with Gasteiger partial charge in [0, 0.05) is 37.0 Å². The summed E-state index contributed by atoms with van der Waals surface area (Å²) in [7, 11) is 2.93. The number of nitrogens with zero attached hydrogens (tertiary/aromatic N) is 5. The number of hydrogen-bond acceptors (Lipinski definition) is 7. The minimum Gasteiger partial charge on any atom is -0.453 e. The molecule has 0 saturated heterocycles. The summed E-state index contributed by atoms with van der Waals surface area (Å²) in [5.41, 5.74) is -0.238. The maximum atomic E-state index is 14.5. The molecule has 4 aromatic heterocycles. The summed E-state index contributed by atoms with van der Waals surface area (Å²) in [5.74, 6) is -0.232. The van der Waals surface area contributed by atoms with E-state index in [-0.39, 0.29) is 34.8 Å². The fourth-order valence-corrected chi connectivity index (χ4v) is 4.77. The van der Waals surface area contributed by atoms with Crippen LogP contribution in [0.2, 0.25) is 0 Å². The number of nitrogens with one attached hydrogen (secondary N) is 2. The molecule has 1 amide bonds. The van der Waals surface area contributed by atoms with Gasteiger partial charge in [-0.1, -0.05) is 0 Å². The van der Waals surface area contributed by atoms with Crippen molar-refractivity contribution in [2.24, 2.45) is 7.05 Å². The third-order valence-electron chi connectivity index (χ3n) is 6.68. The zero-order valence-electron chi connectivity index (χ0n) is 20.8. The van der Waals surface area contributed by atoms with Gasteiger partial charge >= 0.3 is 18.0 Å². The Kier molecular flexibility index (Phi) is 6.70. The fraction of sp³-hybridized carbons (Fsp3) is 0.320. The number of fused-ring (bicyclic) bond motifs is 1. The number of alkyl carbamates (subject to hydrolysis) is 1. The topological polar surface area (TPSA) is 116 Å². The van der Waals surface area contributed by atoms with E-state index in [0.29, 0.717) is 36.1 Å². The number of alkyl halides is 3. The average Bonchev–Trinajstić information content (AvgIpc) is 3.46. The van der Waals surface area contributed by atoms with E-state index in [9.17, 15) is 27.2 Å². The highest BCUT2D eigenvalue weighted by Gasteiger charge is 2.32. The quantitative estimate of drug-likeness (QED) is 0.354. The Morgan fingerprint density at radius 3 is 2.56 bits per heavy atom. The Bertz CT molecular complexity index is 1600. The maximum Gasteiger partial charge on any atom is 0.433 e. The molecule has 39 heavy (non-hydrogen) atoms. The molecule has 5 rings (SSSR count). The maximum absolute atomic E-state index is 14.5. The predicted octanol–water partition coefficient (Wildman–Crippen LogP) is 4.54. The lowest BCUT2D eigenvalue weighted by atomic mass is 10.1. The van der Waals surface area contributed by atoms with Gasteiger partial charge in [0.25, 0.3) is 0 Å². The standard InChI is InChI=1S/C25H23F4N7O3/c1-35-18-12-31-21(10-17(18)36(24(35)38)15-5-4-14(9-15)32-23(37)39-2)33-20-8-6-16(26)22(34-20)13-3-7-19(30-11-13)25(27,28)29/h3,6-8,10-12,14-15H,4-5,9H2,1-2H3,(H,32,37)(H,31,33,34)/t14-,15-/m1/s1. The second-order valence-corrected chi connectivity index (χ2v) is 9.15. The Balaban J connectivity index is 1.43. The van der Waals surface area contributed by atoms with Crippen molar-refractivity contribution < 1.29 is 27.1 Å². The van der Waals surface area contributed by atoms with Gasteiger partial charge in [-0.05, 0) is 43.5 Å². The van der Waals surface area contributed by atoms with Crippen LogP contribution < -0.4 is 16.3 Å². The predicted molar refractivity (Wildman–Crippen MR) is 133 cm³/mol. The molecule has 1 aliphatic carbocycles. The van der Waals surface area contributed by atoms with Crippen LogP contribution in [0.15, 0.2) is 47.5 Å². The number of imidazole rings is 1. The molecule has 0 aromatic carbocycles. The number of methoxy groups -OCH3 is 1. The number of aromatic nitrogens is 5. The lowest BCUT2D eigenvalue weighted by Gasteiger charge is -2.14. The van der Waals surface area contributed by atoms with Crippen LogP contribution in [0.3, 0.4) is 0 Å². The lowest BCUT2D eigenvalue weighted by Crippen LogP contribution is -2.33. The van der Waals surface area contributed by atoms with Crippen LogP contribution >= 0.6 is 0 Å². The van der Waals surface area contributed by atoms with E-state index in [1.165, 1.54) is 23.9 Å². The molecule has 2 atom stereocenters. The number of rotatable bonds is 5. The van der Waals surface area contributed by atoms with Crippen LogP contribution in [0.25, 0.3) is 22.3 Å². The molecule has 4 heterocycles. The SMILES string of the molecule is COC(=O)N[C@@H]1CC[C@@H](n2c(=O)n(C)c3cnc(Nc4ccc(F)c(-c5ccc(C(F)(F)F)nc5)n4)cc32)C1. The first-order valence-corrected chi connectivity index (χ1v) is 11.9. The summed E-state index contributed by atoms with van der Waals surface area (Å²) in [5, 5.41) is 5.74. The fourth-order valence-electron chi connectivity index (χ4n) is 4.77. The molecule has 1 saturated carbocycles. The number of aryl methyl sites for hydroxylation is 1. The van der Waals surface area contributed by atoms with Crippen LogP contribution in [-0.2, 0) is 18.0 Å². The highest BCUT2D eigenvalue weighted by atomic mass is 19.4. The third kappa shape index (κ3) is 5.13. The Labute approximate surface area is 218 Å². The molecule has 0 aliphatic heterocycles. The highest BCUT2D eigenvalue weighted by Crippen LogP contribution is 2.33. The Hall–Kier alpha value is -4.49. The molecule has 4 aromatic rings. The van der Waals surface area contributed by atoms with Crippen molar-refractivity contribution in [3.63, 3.8) is 0 Å². The van der Waals surface area contributed by atoms with Gasteiger partial charge in [-0.2, -0.15) is 13.2 Å². The van der Waals surface area contributed by atoms with Gasteiger partial charge in [0.05, 0.1) is 24.3 Å². The largest absolute Gasteiger partial charge is 0.453 e. The first-order chi connectivity index (χ1) is 18.5. The monoisotopic (exact) mass is 545 g/mol. The number of halogens is 4. The van der Waals surface area contributed by atoms with Crippen molar-refractivity contribution in [3.05, 3.63) is 64.7 Å². The number of amides is 1. The number of anilines is 2. The summed E-state index contributed by atoms with van der Waals surface area (Å²) in [6, 6.07) is 5.72. The van der Waals surface area contributed by atoms with E-state index in [4.69, 9.17) is 0 Å². The van der Waals surface area contributed by atoms with Crippen LogP contribution in [-0.4, -0.2) is 43.3 Å². The molecule has 10 nitrogen and oxygen atoms in total. The minimum atomic E-state index is -4.62. The zero-order chi connectivity index (χ0) is 27.9. The van der Waals surface area contributed by atoms with Crippen molar-refractivity contribution >= 4 is 28.8 Å². The molecule has 0 spiro atoms. The summed E-state index contributed by atoms with van der Waals surface area (Å²) in [6.07, 6.45) is -0.812. The van der Waals surface area contributed by atoms with Crippen LogP contribution in [0.5, 0.6) is 0 Å². The molecule has 2 N–H and O–H groups in total. The smallest absolute Gasteiger partial charge is 0.433 e. The second-order valence-electron chi connectivity index (χ2n) is 9.15. The second kappa shape index (κ2) is 10.0. The van der Waals surface area contributed by atoms with E-state index >= 15 is 0 Å². The lowest BCUT2D eigenvalue weighted by molar-refractivity contribution is -0.141. The van der Waals surface area contributed by atoms with Gasteiger partial charge in [-0.15, -0.1) is 0 Å². The van der Waals surface area contributed by atoms with Crippen molar-refractivity contribution in [2.75, 3.05) is 12.4 Å². The molecule has 14 heteroatoms. The van der Waals surface area contributed by atoms with Crippen molar-refractivity contribution in [2.45, 2.75) is 37.5 Å². The molecule has 1 fully saturated rings. The van der Waals surface area contributed by atoms with Crippen LogP contribution in [0.4, 0.5) is 34.0 Å². The Morgan fingerprint density at radius 1 is 1.08 bits per heavy atom.